The van der Waals surface area contributed by atoms with E-state index in [4.69, 9.17) is 16.0 Å². The number of rotatable bonds is 3. The van der Waals surface area contributed by atoms with E-state index in [1.165, 1.54) is 22.9 Å². The normalized spacial score (nSPS) is 16.3. The molecule has 1 saturated heterocycles. The first-order chi connectivity index (χ1) is 11.4. The molecule has 0 unspecified atom stereocenters. The molecule has 1 amide bonds. The third-order valence-electron chi connectivity index (χ3n) is 3.82. The molecule has 24 heavy (non-hydrogen) atoms. The van der Waals surface area contributed by atoms with E-state index in [0.29, 0.717) is 5.56 Å². The van der Waals surface area contributed by atoms with Crippen molar-refractivity contribution >= 4 is 27.5 Å². The number of amides is 1. The molecule has 1 fully saturated rings. The van der Waals surface area contributed by atoms with Gasteiger partial charge in [-0.15, -0.1) is 0 Å². The summed E-state index contributed by atoms with van der Waals surface area (Å²) in [5.74, 6) is -0.878. The number of hydrogen-bond donors (Lipinski definition) is 0. The molecule has 1 aromatic carbocycles. The summed E-state index contributed by atoms with van der Waals surface area (Å²) in [4.78, 5) is 13.7. The number of sulfonamides is 1. The molecule has 0 spiro atoms. The minimum Gasteiger partial charge on any atom is -0.472 e. The van der Waals surface area contributed by atoms with Gasteiger partial charge in [0.2, 0.25) is 10.0 Å². The fourth-order valence-electron chi connectivity index (χ4n) is 2.49. The minimum atomic E-state index is -3.78. The lowest BCUT2D eigenvalue weighted by molar-refractivity contribution is 0.0697. The molecule has 0 aliphatic carbocycles. The largest absolute Gasteiger partial charge is 0.472 e. The van der Waals surface area contributed by atoms with Crippen LogP contribution in [0.1, 0.15) is 10.4 Å². The maximum atomic E-state index is 13.2. The second-order valence-electron chi connectivity index (χ2n) is 5.28. The maximum absolute atomic E-state index is 13.2. The molecule has 2 aromatic rings. The van der Waals surface area contributed by atoms with Crippen LogP contribution in [0.4, 0.5) is 4.39 Å². The molecule has 0 atom stereocenters. The molecule has 0 N–H and O–H groups in total. The van der Waals surface area contributed by atoms with Crippen LogP contribution in [0.5, 0.6) is 0 Å². The summed E-state index contributed by atoms with van der Waals surface area (Å²) in [6.45, 7) is 0.832. The van der Waals surface area contributed by atoms with Crippen LogP contribution in [0, 0.1) is 5.82 Å². The molecule has 0 saturated carbocycles. The highest BCUT2D eigenvalue weighted by Gasteiger charge is 2.31. The van der Waals surface area contributed by atoms with Gasteiger partial charge in [0.05, 0.1) is 21.7 Å². The van der Waals surface area contributed by atoms with Crippen molar-refractivity contribution in [1.29, 1.82) is 0 Å². The highest BCUT2D eigenvalue weighted by Crippen LogP contribution is 2.23. The number of furan rings is 1. The Bertz CT molecular complexity index is 846. The predicted octanol–water partition coefficient (Wildman–Crippen LogP) is 2.22. The molecule has 0 radical (unpaired) electrons. The summed E-state index contributed by atoms with van der Waals surface area (Å²) in [7, 11) is -3.78. The van der Waals surface area contributed by atoms with Gasteiger partial charge < -0.3 is 9.32 Å². The van der Waals surface area contributed by atoms with Crippen molar-refractivity contribution in [2.24, 2.45) is 0 Å². The van der Waals surface area contributed by atoms with Gasteiger partial charge in [-0.2, -0.15) is 4.31 Å². The standard InChI is InChI=1S/C15H14ClFN2O4S/c16-13-9-12(1-2-14(13)17)24(21,22)19-6-4-18(5-7-19)15(20)11-3-8-23-10-11/h1-3,8-10H,4-7H2. The number of piperazine rings is 1. The van der Waals surface area contributed by atoms with Crippen LogP contribution in [-0.2, 0) is 10.0 Å². The summed E-state index contributed by atoms with van der Waals surface area (Å²) in [5, 5.41) is -0.246. The fraction of sp³-hybridized carbons (Fsp3) is 0.267. The van der Waals surface area contributed by atoms with Crippen LogP contribution >= 0.6 is 11.6 Å². The van der Waals surface area contributed by atoms with Crippen LogP contribution in [0.2, 0.25) is 5.02 Å². The number of carbonyl (C=O) groups is 1. The maximum Gasteiger partial charge on any atom is 0.257 e. The number of halogens is 2. The summed E-state index contributed by atoms with van der Waals surface area (Å²) in [6.07, 6.45) is 2.76. The lowest BCUT2D eigenvalue weighted by atomic mass is 10.2. The quantitative estimate of drug-likeness (QED) is 0.828. The van der Waals surface area contributed by atoms with E-state index < -0.39 is 15.8 Å². The van der Waals surface area contributed by atoms with Crippen LogP contribution in [0.15, 0.2) is 46.1 Å². The molecule has 1 aromatic heterocycles. The van der Waals surface area contributed by atoms with Gasteiger partial charge >= 0.3 is 0 Å². The van der Waals surface area contributed by atoms with E-state index in [1.807, 2.05) is 0 Å². The average Bonchev–Trinajstić information content (AvgIpc) is 3.11. The van der Waals surface area contributed by atoms with E-state index in [1.54, 1.807) is 11.0 Å². The first-order valence-electron chi connectivity index (χ1n) is 7.16. The molecule has 3 rings (SSSR count). The molecule has 9 heteroatoms. The van der Waals surface area contributed by atoms with Gasteiger partial charge in [0, 0.05) is 26.2 Å². The van der Waals surface area contributed by atoms with Crippen molar-refractivity contribution in [2.75, 3.05) is 26.2 Å². The molecular weight excluding hydrogens is 359 g/mol. The second kappa shape index (κ2) is 6.54. The van der Waals surface area contributed by atoms with Crippen molar-refractivity contribution in [3.8, 4) is 0 Å². The Balaban J connectivity index is 1.71. The monoisotopic (exact) mass is 372 g/mol. The van der Waals surface area contributed by atoms with Gasteiger partial charge in [-0.05, 0) is 24.3 Å². The zero-order chi connectivity index (χ0) is 17.3. The molecule has 2 heterocycles. The summed E-state index contributed by atoms with van der Waals surface area (Å²) >= 11 is 5.66. The molecule has 6 nitrogen and oxygen atoms in total. The summed E-state index contributed by atoms with van der Waals surface area (Å²) in [6, 6.07) is 4.86. The molecule has 128 valence electrons. The smallest absolute Gasteiger partial charge is 0.257 e. The van der Waals surface area contributed by atoms with E-state index in [0.717, 1.165) is 12.1 Å². The average molecular weight is 373 g/mol. The van der Waals surface area contributed by atoms with Gasteiger partial charge in [0.1, 0.15) is 12.1 Å². The van der Waals surface area contributed by atoms with Crippen molar-refractivity contribution in [3.05, 3.63) is 53.2 Å². The van der Waals surface area contributed by atoms with Crippen molar-refractivity contribution in [1.82, 2.24) is 9.21 Å². The van der Waals surface area contributed by atoms with Gasteiger partial charge in [-0.1, -0.05) is 11.6 Å². The Morgan fingerprint density at radius 1 is 1.17 bits per heavy atom. The van der Waals surface area contributed by atoms with E-state index in [9.17, 15) is 17.6 Å². The number of carbonyl (C=O) groups excluding carboxylic acids is 1. The van der Waals surface area contributed by atoms with Gasteiger partial charge in [-0.25, -0.2) is 12.8 Å². The fourth-order valence-corrected chi connectivity index (χ4v) is 4.18. The van der Waals surface area contributed by atoms with Gasteiger partial charge in [0.15, 0.2) is 0 Å². The van der Waals surface area contributed by atoms with Gasteiger partial charge in [0.25, 0.3) is 5.91 Å². The Labute approximate surface area is 143 Å². The lowest BCUT2D eigenvalue weighted by Gasteiger charge is -2.33. The summed E-state index contributed by atoms with van der Waals surface area (Å²) < 4.78 is 44.5. The Hall–Kier alpha value is -1.90. The first-order valence-corrected chi connectivity index (χ1v) is 8.98. The topological polar surface area (TPSA) is 70.8 Å². The van der Waals surface area contributed by atoms with Gasteiger partial charge in [-0.3, -0.25) is 4.79 Å². The Morgan fingerprint density at radius 2 is 1.88 bits per heavy atom. The van der Waals surface area contributed by atoms with E-state index in [-0.39, 0.29) is 42.0 Å². The molecular formula is C15H14ClFN2O4S. The highest BCUT2D eigenvalue weighted by molar-refractivity contribution is 7.89. The lowest BCUT2D eigenvalue weighted by Crippen LogP contribution is -2.50. The minimum absolute atomic E-state index is 0.0662. The van der Waals surface area contributed by atoms with Crippen LogP contribution in [0.25, 0.3) is 0 Å². The molecule has 0 bridgehead atoms. The molecule has 1 aliphatic rings. The zero-order valence-electron chi connectivity index (χ0n) is 12.5. The van der Waals surface area contributed by atoms with Crippen LogP contribution in [0.3, 0.4) is 0 Å². The third kappa shape index (κ3) is 3.17. The predicted molar refractivity (Wildman–Crippen MR) is 84.8 cm³/mol. The van der Waals surface area contributed by atoms with E-state index in [2.05, 4.69) is 0 Å². The van der Waals surface area contributed by atoms with E-state index >= 15 is 0 Å². The summed E-state index contributed by atoms with van der Waals surface area (Å²) in [5.41, 5.74) is 0.427. The molecule has 1 aliphatic heterocycles. The third-order valence-corrected chi connectivity index (χ3v) is 6.01. The second-order valence-corrected chi connectivity index (χ2v) is 7.63. The number of benzene rings is 1. The van der Waals surface area contributed by atoms with Crippen molar-refractivity contribution < 1.29 is 22.0 Å². The van der Waals surface area contributed by atoms with Crippen LogP contribution in [-0.4, -0.2) is 49.7 Å². The number of nitrogens with zero attached hydrogens (tertiary/aromatic N) is 2. The zero-order valence-corrected chi connectivity index (χ0v) is 14.1. The Morgan fingerprint density at radius 3 is 2.46 bits per heavy atom. The SMILES string of the molecule is O=C(c1ccoc1)N1CCN(S(=O)(=O)c2ccc(F)c(Cl)c2)CC1. The van der Waals surface area contributed by atoms with Crippen LogP contribution < -0.4 is 0 Å². The van der Waals surface area contributed by atoms with Crippen molar-refractivity contribution in [2.45, 2.75) is 4.90 Å². The van der Waals surface area contributed by atoms with Crippen molar-refractivity contribution in [3.63, 3.8) is 0 Å². The Kier molecular flexibility index (Phi) is 4.62. The number of hydrogen-bond acceptors (Lipinski definition) is 4. The highest BCUT2D eigenvalue weighted by atomic mass is 35.5. The first kappa shape index (κ1) is 16.9.